The van der Waals surface area contributed by atoms with Crippen LogP contribution in [0.25, 0.3) is 0 Å². The number of benzene rings is 2. The van der Waals surface area contributed by atoms with E-state index in [1.54, 1.807) is 0 Å². The number of hydrazone groups is 1. The van der Waals surface area contributed by atoms with E-state index in [1.165, 1.54) is 19.2 Å². The van der Waals surface area contributed by atoms with Crippen molar-refractivity contribution in [3.63, 3.8) is 0 Å². The Morgan fingerprint density at radius 1 is 1.27 bits per heavy atom. The van der Waals surface area contributed by atoms with Gasteiger partial charge in [0.15, 0.2) is 5.75 Å². The van der Waals surface area contributed by atoms with Gasteiger partial charge in [-0.05, 0) is 18.2 Å². The molecule has 0 unspecified atom stereocenters. The average Bonchev–Trinajstić information content (AvgIpc) is 2.56. The highest BCUT2D eigenvalue weighted by Crippen LogP contribution is 2.32. The van der Waals surface area contributed by atoms with Gasteiger partial charge in [0.1, 0.15) is 16.4 Å². The molecule has 0 saturated heterocycles. The second-order valence-electron chi connectivity index (χ2n) is 4.80. The second-order valence-corrected chi connectivity index (χ2v) is 6.87. The SMILES string of the molecule is COc1ccc(Cl)cc1S(=O)(=O)N/N=C/c1cc([N+](=O)[O-])c(O)cc1O. The molecule has 0 saturated carbocycles. The summed E-state index contributed by atoms with van der Waals surface area (Å²) < 4.78 is 29.5. The van der Waals surface area contributed by atoms with Gasteiger partial charge >= 0.3 is 5.69 Å². The number of halogens is 1. The summed E-state index contributed by atoms with van der Waals surface area (Å²) >= 11 is 5.79. The van der Waals surface area contributed by atoms with Gasteiger partial charge in [0.05, 0.1) is 18.2 Å². The lowest BCUT2D eigenvalue weighted by Gasteiger charge is -2.09. The molecule has 2 aromatic rings. The number of aromatic hydroxyl groups is 2. The Morgan fingerprint density at radius 3 is 2.58 bits per heavy atom. The number of nitrogens with zero attached hydrogens (tertiary/aromatic N) is 2. The minimum atomic E-state index is -4.17. The lowest BCUT2D eigenvalue weighted by Crippen LogP contribution is -2.19. The maximum absolute atomic E-state index is 12.3. The zero-order chi connectivity index (χ0) is 19.5. The minimum absolute atomic E-state index is 0.0280. The third kappa shape index (κ3) is 4.13. The van der Waals surface area contributed by atoms with E-state index < -0.39 is 32.1 Å². The molecule has 138 valence electrons. The molecule has 0 amide bonds. The summed E-state index contributed by atoms with van der Waals surface area (Å²) in [6.45, 7) is 0. The van der Waals surface area contributed by atoms with Crippen molar-refractivity contribution in [2.45, 2.75) is 4.90 Å². The van der Waals surface area contributed by atoms with Gasteiger partial charge in [-0.1, -0.05) is 11.6 Å². The van der Waals surface area contributed by atoms with Crippen LogP contribution in [0.3, 0.4) is 0 Å². The lowest BCUT2D eigenvalue weighted by molar-refractivity contribution is -0.385. The number of nitrogens with one attached hydrogen (secondary N) is 1. The van der Waals surface area contributed by atoms with E-state index in [4.69, 9.17) is 16.3 Å². The summed E-state index contributed by atoms with van der Waals surface area (Å²) in [5.41, 5.74) is -0.862. The van der Waals surface area contributed by atoms with E-state index in [2.05, 4.69) is 5.10 Å². The highest BCUT2D eigenvalue weighted by atomic mass is 35.5. The van der Waals surface area contributed by atoms with E-state index in [0.717, 1.165) is 24.4 Å². The summed E-state index contributed by atoms with van der Waals surface area (Å²) in [4.78, 5) is 11.5. The molecular weight excluding hydrogens is 390 g/mol. The Kier molecular flexibility index (Phi) is 5.53. The molecule has 0 radical (unpaired) electrons. The molecule has 2 aromatic carbocycles. The van der Waals surface area contributed by atoms with Gasteiger partial charge in [0.2, 0.25) is 0 Å². The van der Waals surface area contributed by atoms with Crippen molar-refractivity contribution < 1.29 is 28.3 Å². The number of hydrogen-bond acceptors (Lipinski definition) is 8. The number of ether oxygens (including phenoxy) is 1. The maximum Gasteiger partial charge on any atom is 0.311 e. The highest BCUT2D eigenvalue weighted by molar-refractivity contribution is 7.89. The quantitative estimate of drug-likeness (QED) is 0.380. The predicted octanol–water partition coefficient (Wildman–Crippen LogP) is 1.98. The van der Waals surface area contributed by atoms with Crippen LogP contribution >= 0.6 is 11.6 Å². The van der Waals surface area contributed by atoms with Crippen LogP contribution in [0.2, 0.25) is 5.02 Å². The minimum Gasteiger partial charge on any atom is -0.507 e. The molecule has 0 fully saturated rings. The molecule has 0 bridgehead atoms. The molecule has 0 aliphatic rings. The van der Waals surface area contributed by atoms with Crippen molar-refractivity contribution in [1.29, 1.82) is 0 Å². The van der Waals surface area contributed by atoms with Crippen LogP contribution in [-0.2, 0) is 10.0 Å². The van der Waals surface area contributed by atoms with Crippen molar-refractivity contribution >= 4 is 33.5 Å². The molecule has 0 spiro atoms. The van der Waals surface area contributed by atoms with E-state index in [-0.39, 0.29) is 21.2 Å². The molecule has 0 atom stereocenters. The number of sulfonamides is 1. The first-order chi connectivity index (χ1) is 12.2. The zero-order valence-corrected chi connectivity index (χ0v) is 14.7. The van der Waals surface area contributed by atoms with Crippen molar-refractivity contribution in [3.8, 4) is 17.2 Å². The number of nitro benzene ring substituents is 1. The molecule has 2 rings (SSSR count). The molecule has 12 heteroatoms. The first-order valence-electron chi connectivity index (χ1n) is 6.74. The fraction of sp³-hybridized carbons (Fsp3) is 0.0714. The number of hydrogen-bond donors (Lipinski definition) is 3. The molecule has 10 nitrogen and oxygen atoms in total. The number of nitro groups is 1. The van der Waals surface area contributed by atoms with Crippen LogP contribution in [-0.4, -0.2) is 36.9 Å². The predicted molar refractivity (Wildman–Crippen MR) is 92.3 cm³/mol. The second kappa shape index (κ2) is 7.45. The molecule has 3 N–H and O–H groups in total. The van der Waals surface area contributed by atoms with E-state index in [9.17, 15) is 28.7 Å². The fourth-order valence-corrected chi connectivity index (χ4v) is 3.13. The van der Waals surface area contributed by atoms with Crippen molar-refractivity contribution in [2.24, 2.45) is 5.10 Å². The maximum atomic E-state index is 12.3. The Balaban J connectivity index is 2.32. The normalized spacial score (nSPS) is 11.5. The Labute approximate surface area is 152 Å². The van der Waals surface area contributed by atoms with E-state index in [1.807, 2.05) is 4.83 Å². The smallest absolute Gasteiger partial charge is 0.311 e. The number of phenols is 2. The Hall–Kier alpha value is -3.05. The number of methoxy groups -OCH3 is 1. The molecular formula is C14H12ClN3O7S. The van der Waals surface area contributed by atoms with Crippen LogP contribution in [0.4, 0.5) is 5.69 Å². The van der Waals surface area contributed by atoms with Crippen LogP contribution in [0.15, 0.2) is 40.3 Å². The van der Waals surface area contributed by atoms with Gasteiger partial charge in [-0.3, -0.25) is 10.1 Å². The van der Waals surface area contributed by atoms with E-state index in [0.29, 0.717) is 0 Å². The monoisotopic (exact) mass is 401 g/mol. The van der Waals surface area contributed by atoms with Gasteiger partial charge in [0.25, 0.3) is 10.0 Å². The van der Waals surface area contributed by atoms with Gasteiger partial charge in [-0.2, -0.15) is 18.4 Å². The third-order valence-corrected chi connectivity index (χ3v) is 4.59. The Morgan fingerprint density at radius 2 is 1.96 bits per heavy atom. The standard InChI is InChI=1S/C14H12ClN3O7S/c1-25-13-3-2-9(15)5-14(13)26(23,24)17-16-7-8-4-10(18(21)22)12(20)6-11(8)19/h2-7,17,19-20H,1H3/b16-7+. The van der Waals surface area contributed by atoms with Crippen molar-refractivity contribution in [2.75, 3.05) is 7.11 Å². The van der Waals surface area contributed by atoms with Crippen LogP contribution in [0.5, 0.6) is 17.2 Å². The third-order valence-electron chi connectivity index (χ3n) is 3.11. The van der Waals surface area contributed by atoms with Crippen LogP contribution in [0, 0.1) is 10.1 Å². The molecule has 0 aliphatic heterocycles. The van der Waals surface area contributed by atoms with Gasteiger partial charge in [0, 0.05) is 22.7 Å². The topological polar surface area (TPSA) is 151 Å². The zero-order valence-electron chi connectivity index (χ0n) is 13.1. The summed E-state index contributed by atoms with van der Waals surface area (Å²) in [6, 6.07) is 5.53. The molecule has 26 heavy (non-hydrogen) atoms. The average molecular weight is 402 g/mol. The van der Waals surface area contributed by atoms with Gasteiger partial charge in [-0.25, -0.2) is 0 Å². The summed E-state index contributed by atoms with van der Waals surface area (Å²) in [7, 11) is -2.89. The Bertz CT molecular complexity index is 992. The molecule has 0 aromatic heterocycles. The molecule has 0 aliphatic carbocycles. The van der Waals surface area contributed by atoms with Gasteiger partial charge in [-0.15, -0.1) is 0 Å². The summed E-state index contributed by atoms with van der Waals surface area (Å²) in [5.74, 6) is -1.24. The number of rotatable bonds is 6. The molecule has 0 heterocycles. The fourth-order valence-electron chi connectivity index (χ4n) is 1.91. The first-order valence-corrected chi connectivity index (χ1v) is 8.60. The first kappa shape index (κ1) is 19.3. The van der Waals surface area contributed by atoms with Crippen molar-refractivity contribution in [3.05, 3.63) is 51.0 Å². The summed E-state index contributed by atoms with van der Waals surface area (Å²) in [5, 5.41) is 33.5. The largest absolute Gasteiger partial charge is 0.507 e. The summed E-state index contributed by atoms with van der Waals surface area (Å²) in [6.07, 6.45) is 0.844. The van der Waals surface area contributed by atoms with Crippen LogP contribution < -0.4 is 9.57 Å². The highest BCUT2D eigenvalue weighted by Gasteiger charge is 2.20. The number of phenolic OH excluding ortho intramolecular Hbond substituents is 2. The van der Waals surface area contributed by atoms with Crippen molar-refractivity contribution in [1.82, 2.24) is 4.83 Å². The lowest BCUT2D eigenvalue weighted by atomic mass is 10.2. The van der Waals surface area contributed by atoms with Crippen LogP contribution in [0.1, 0.15) is 5.56 Å². The van der Waals surface area contributed by atoms with E-state index >= 15 is 0 Å². The van der Waals surface area contributed by atoms with Gasteiger partial charge < -0.3 is 14.9 Å².